The number of carboxylic acid groups (broad SMARTS) is 1. The van der Waals surface area contributed by atoms with E-state index in [4.69, 9.17) is 19.3 Å². The Morgan fingerprint density at radius 2 is 1.77 bits per heavy atom. The molecule has 2 rings (SSSR count). The zero-order chi connectivity index (χ0) is 15.9. The lowest BCUT2D eigenvalue weighted by atomic mass is 10.1. The Kier molecular flexibility index (Phi) is 5.38. The largest absolute Gasteiger partial charge is 0.497 e. The first-order valence-corrected chi connectivity index (χ1v) is 6.75. The standard InChI is InChI=1S/C17H18O5/c1-20-11-14-9-13(17(18)19)5-8-16(14)22-10-12-3-6-15(21-2)7-4-12/h3-9H,10-11H2,1-2H3,(H,18,19). The van der Waals surface area contributed by atoms with Crippen molar-refractivity contribution in [2.75, 3.05) is 14.2 Å². The van der Waals surface area contributed by atoms with Gasteiger partial charge in [0.25, 0.3) is 0 Å². The molecule has 0 aliphatic heterocycles. The van der Waals surface area contributed by atoms with Crippen molar-refractivity contribution < 1.29 is 24.1 Å². The molecule has 0 unspecified atom stereocenters. The summed E-state index contributed by atoms with van der Waals surface area (Å²) in [7, 11) is 3.17. The highest BCUT2D eigenvalue weighted by atomic mass is 16.5. The third kappa shape index (κ3) is 3.99. The van der Waals surface area contributed by atoms with Gasteiger partial charge in [-0.1, -0.05) is 12.1 Å². The number of carboxylic acids is 1. The molecule has 1 N–H and O–H groups in total. The number of methoxy groups -OCH3 is 2. The van der Waals surface area contributed by atoms with Crippen LogP contribution in [0.4, 0.5) is 0 Å². The Morgan fingerprint density at radius 3 is 2.36 bits per heavy atom. The van der Waals surface area contributed by atoms with Crippen LogP contribution in [-0.4, -0.2) is 25.3 Å². The summed E-state index contributed by atoms with van der Waals surface area (Å²) in [5.41, 5.74) is 1.91. The van der Waals surface area contributed by atoms with E-state index < -0.39 is 5.97 Å². The third-order valence-corrected chi connectivity index (χ3v) is 3.16. The van der Waals surface area contributed by atoms with Crippen LogP contribution in [0.25, 0.3) is 0 Å². The molecule has 0 aliphatic carbocycles. The van der Waals surface area contributed by atoms with Crippen molar-refractivity contribution in [1.29, 1.82) is 0 Å². The van der Waals surface area contributed by atoms with Crippen LogP contribution in [0.5, 0.6) is 11.5 Å². The van der Waals surface area contributed by atoms with Gasteiger partial charge in [0.05, 0.1) is 19.3 Å². The van der Waals surface area contributed by atoms with E-state index in [0.29, 0.717) is 24.5 Å². The van der Waals surface area contributed by atoms with Gasteiger partial charge in [-0.15, -0.1) is 0 Å². The highest BCUT2D eigenvalue weighted by Crippen LogP contribution is 2.23. The smallest absolute Gasteiger partial charge is 0.335 e. The highest BCUT2D eigenvalue weighted by Gasteiger charge is 2.09. The minimum absolute atomic E-state index is 0.212. The molecule has 0 heterocycles. The van der Waals surface area contributed by atoms with Crippen molar-refractivity contribution in [2.24, 2.45) is 0 Å². The van der Waals surface area contributed by atoms with Crippen LogP contribution in [-0.2, 0) is 18.0 Å². The van der Waals surface area contributed by atoms with Crippen LogP contribution in [0.1, 0.15) is 21.5 Å². The van der Waals surface area contributed by atoms with Crippen LogP contribution in [0.3, 0.4) is 0 Å². The zero-order valence-corrected chi connectivity index (χ0v) is 12.5. The Balaban J connectivity index is 2.11. The number of hydrogen-bond acceptors (Lipinski definition) is 4. The molecule has 2 aromatic carbocycles. The second-order valence-electron chi connectivity index (χ2n) is 4.70. The van der Waals surface area contributed by atoms with Crippen molar-refractivity contribution in [2.45, 2.75) is 13.2 Å². The van der Waals surface area contributed by atoms with Gasteiger partial charge in [0.15, 0.2) is 0 Å². The molecule has 0 aromatic heterocycles. The average Bonchev–Trinajstić information content (AvgIpc) is 2.54. The summed E-state index contributed by atoms with van der Waals surface area (Å²) in [4.78, 5) is 11.0. The Labute approximate surface area is 129 Å². The van der Waals surface area contributed by atoms with Gasteiger partial charge in [-0.3, -0.25) is 0 Å². The molecule has 0 spiro atoms. The van der Waals surface area contributed by atoms with Crippen LogP contribution in [0.2, 0.25) is 0 Å². The Hall–Kier alpha value is -2.53. The molecule has 0 radical (unpaired) electrons. The first-order valence-electron chi connectivity index (χ1n) is 6.75. The predicted octanol–water partition coefficient (Wildman–Crippen LogP) is 3.12. The Bertz CT molecular complexity index is 634. The number of benzene rings is 2. The molecule has 0 amide bonds. The molecule has 0 saturated heterocycles. The van der Waals surface area contributed by atoms with E-state index in [2.05, 4.69) is 0 Å². The third-order valence-electron chi connectivity index (χ3n) is 3.16. The first kappa shape index (κ1) is 15.9. The summed E-state index contributed by atoms with van der Waals surface area (Å²) >= 11 is 0. The summed E-state index contributed by atoms with van der Waals surface area (Å²) in [6, 6.07) is 12.3. The Morgan fingerprint density at radius 1 is 1.05 bits per heavy atom. The second kappa shape index (κ2) is 7.47. The lowest BCUT2D eigenvalue weighted by Crippen LogP contribution is -2.03. The molecule has 0 atom stereocenters. The van der Waals surface area contributed by atoms with Crippen LogP contribution < -0.4 is 9.47 Å². The fourth-order valence-corrected chi connectivity index (χ4v) is 2.00. The summed E-state index contributed by atoms with van der Waals surface area (Å²) in [5.74, 6) is 0.427. The van der Waals surface area contributed by atoms with E-state index in [1.54, 1.807) is 26.4 Å². The van der Waals surface area contributed by atoms with Gasteiger partial charge in [-0.2, -0.15) is 0 Å². The maximum absolute atomic E-state index is 11.0. The molecule has 22 heavy (non-hydrogen) atoms. The van der Waals surface area contributed by atoms with Gasteiger partial charge in [-0.05, 0) is 35.9 Å². The number of ether oxygens (including phenoxy) is 3. The van der Waals surface area contributed by atoms with E-state index in [0.717, 1.165) is 11.3 Å². The van der Waals surface area contributed by atoms with E-state index in [9.17, 15) is 4.79 Å². The number of carbonyl (C=O) groups is 1. The lowest BCUT2D eigenvalue weighted by molar-refractivity contribution is 0.0696. The van der Waals surface area contributed by atoms with Gasteiger partial charge < -0.3 is 19.3 Å². The average molecular weight is 302 g/mol. The van der Waals surface area contributed by atoms with Gasteiger partial charge in [0.1, 0.15) is 18.1 Å². The molecule has 0 bridgehead atoms. The lowest BCUT2D eigenvalue weighted by Gasteiger charge is -2.12. The van der Waals surface area contributed by atoms with Gasteiger partial charge in [0.2, 0.25) is 0 Å². The maximum atomic E-state index is 11.0. The van der Waals surface area contributed by atoms with Crippen LogP contribution in [0, 0.1) is 0 Å². The summed E-state index contributed by atoms with van der Waals surface area (Å²) in [6.45, 7) is 0.673. The quantitative estimate of drug-likeness (QED) is 0.851. The van der Waals surface area contributed by atoms with E-state index >= 15 is 0 Å². The molecular weight excluding hydrogens is 284 g/mol. The van der Waals surface area contributed by atoms with E-state index in [-0.39, 0.29) is 5.56 Å². The normalized spacial score (nSPS) is 10.3. The molecule has 5 heteroatoms. The molecule has 5 nitrogen and oxygen atoms in total. The molecule has 2 aromatic rings. The second-order valence-corrected chi connectivity index (χ2v) is 4.70. The maximum Gasteiger partial charge on any atom is 0.335 e. The minimum atomic E-state index is -0.973. The van der Waals surface area contributed by atoms with Crippen molar-refractivity contribution in [1.82, 2.24) is 0 Å². The number of aromatic carboxylic acids is 1. The van der Waals surface area contributed by atoms with Gasteiger partial charge >= 0.3 is 5.97 Å². The molecular formula is C17H18O5. The first-order chi connectivity index (χ1) is 10.6. The monoisotopic (exact) mass is 302 g/mol. The highest BCUT2D eigenvalue weighted by molar-refractivity contribution is 5.88. The van der Waals surface area contributed by atoms with Crippen LogP contribution in [0.15, 0.2) is 42.5 Å². The predicted molar refractivity (Wildman–Crippen MR) is 81.4 cm³/mol. The number of rotatable bonds is 7. The van der Waals surface area contributed by atoms with Crippen molar-refractivity contribution in [3.8, 4) is 11.5 Å². The molecule has 0 saturated carbocycles. The van der Waals surface area contributed by atoms with Gasteiger partial charge in [-0.25, -0.2) is 4.79 Å². The minimum Gasteiger partial charge on any atom is -0.497 e. The number of hydrogen-bond donors (Lipinski definition) is 1. The molecule has 0 aliphatic rings. The van der Waals surface area contributed by atoms with Gasteiger partial charge in [0, 0.05) is 12.7 Å². The SMILES string of the molecule is COCc1cc(C(=O)O)ccc1OCc1ccc(OC)cc1. The summed E-state index contributed by atoms with van der Waals surface area (Å²) in [6.07, 6.45) is 0. The summed E-state index contributed by atoms with van der Waals surface area (Å²) < 4.78 is 16.0. The molecule has 0 fully saturated rings. The van der Waals surface area contributed by atoms with Crippen molar-refractivity contribution >= 4 is 5.97 Å². The fraction of sp³-hybridized carbons (Fsp3) is 0.235. The zero-order valence-electron chi connectivity index (χ0n) is 12.5. The van der Waals surface area contributed by atoms with E-state index in [1.165, 1.54) is 6.07 Å². The van der Waals surface area contributed by atoms with Crippen molar-refractivity contribution in [3.63, 3.8) is 0 Å². The molecule has 116 valence electrons. The summed E-state index contributed by atoms with van der Waals surface area (Å²) in [5, 5.41) is 9.03. The fourth-order valence-electron chi connectivity index (χ4n) is 2.00. The van der Waals surface area contributed by atoms with E-state index in [1.807, 2.05) is 24.3 Å². The topological polar surface area (TPSA) is 65.0 Å². The van der Waals surface area contributed by atoms with Crippen LogP contribution >= 0.6 is 0 Å². The van der Waals surface area contributed by atoms with Crippen molar-refractivity contribution in [3.05, 3.63) is 59.2 Å².